The number of hydrogen-bond acceptors (Lipinski definition) is 5. The number of nitrogens with zero attached hydrogens (tertiary/aromatic N) is 4. The summed E-state index contributed by atoms with van der Waals surface area (Å²) >= 11 is 0. The lowest BCUT2D eigenvalue weighted by molar-refractivity contribution is -0.385. The van der Waals surface area contributed by atoms with Gasteiger partial charge in [-0.15, -0.1) is 0 Å². The molecule has 1 aromatic rings. The predicted molar refractivity (Wildman–Crippen MR) is 103 cm³/mol. The second-order valence-electron chi connectivity index (χ2n) is 8.93. The maximum atomic E-state index is 12.8. The van der Waals surface area contributed by atoms with Crippen molar-refractivity contribution in [1.82, 2.24) is 9.80 Å². The van der Waals surface area contributed by atoms with Crippen molar-refractivity contribution in [2.24, 2.45) is 5.41 Å². The van der Waals surface area contributed by atoms with Gasteiger partial charge in [0, 0.05) is 43.3 Å². The number of nitriles is 1. The Labute approximate surface area is 160 Å². The van der Waals surface area contributed by atoms with Crippen LogP contribution in [0.15, 0.2) is 18.2 Å². The molecular weight excluding hydrogens is 344 g/mol. The molecule has 0 radical (unpaired) electrons. The van der Waals surface area contributed by atoms with Crippen LogP contribution in [0, 0.1) is 26.9 Å². The quantitative estimate of drug-likeness (QED) is 0.596. The highest BCUT2D eigenvalue weighted by molar-refractivity contribution is 5.95. The number of nitro groups is 1. The van der Waals surface area contributed by atoms with Crippen LogP contribution < -0.4 is 0 Å². The Morgan fingerprint density at radius 1 is 1.19 bits per heavy atom. The zero-order valence-corrected chi connectivity index (χ0v) is 16.8. The molecular formula is C20H28N4O3. The third kappa shape index (κ3) is 5.04. The number of amides is 1. The van der Waals surface area contributed by atoms with E-state index in [2.05, 4.69) is 39.5 Å². The summed E-state index contributed by atoms with van der Waals surface area (Å²) in [4.78, 5) is 27.3. The molecule has 1 heterocycles. The standard InChI is InChI=1S/C20H28N4O3/c1-19(2,3)14-20(4,5)23-10-8-22(9-11-23)18(25)15-6-7-17(24(26)27)16(12-15)13-21/h6-7,12H,8-11,14H2,1-5H3. The molecule has 0 bridgehead atoms. The van der Waals surface area contributed by atoms with E-state index in [0.29, 0.717) is 18.7 Å². The van der Waals surface area contributed by atoms with Crippen LogP contribution in [-0.2, 0) is 0 Å². The van der Waals surface area contributed by atoms with E-state index in [1.54, 1.807) is 11.0 Å². The van der Waals surface area contributed by atoms with E-state index < -0.39 is 4.92 Å². The van der Waals surface area contributed by atoms with Crippen molar-refractivity contribution < 1.29 is 9.72 Å². The number of piperazine rings is 1. The van der Waals surface area contributed by atoms with Gasteiger partial charge in [0.15, 0.2) is 0 Å². The van der Waals surface area contributed by atoms with Crippen LogP contribution in [0.5, 0.6) is 0 Å². The molecule has 1 amide bonds. The Morgan fingerprint density at radius 3 is 2.26 bits per heavy atom. The Bertz CT molecular complexity index is 766. The smallest absolute Gasteiger partial charge is 0.287 e. The molecule has 7 heteroatoms. The van der Waals surface area contributed by atoms with E-state index in [9.17, 15) is 14.9 Å². The second kappa shape index (κ2) is 7.65. The van der Waals surface area contributed by atoms with Crippen LogP contribution in [0.1, 0.15) is 57.0 Å². The Hall–Kier alpha value is -2.46. The van der Waals surface area contributed by atoms with E-state index in [4.69, 9.17) is 5.26 Å². The van der Waals surface area contributed by atoms with Crippen molar-refractivity contribution >= 4 is 11.6 Å². The highest BCUT2D eigenvalue weighted by Crippen LogP contribution is 2.32. The molecule has 0 saturated carbocycles. The zero-order valence-electron chi connectivity index (χ0n) is 16.8. The van der Waals surface area contributed by atoms with Crippen LogP contribution in [-0.4, -0.2) is 52.3 Å². The SMILES string of the molecule is CC(C)(C)CC(C)(C)N1CCN(C(=O)c2ccc([N+](=O)[O-])c(C#N)c2)CC1. The maximum Gasteiger partial charge on any atom is 0.287 e. The van der Waals surface area contributed by atoms with Gasteiger partial charge in [0.05, 0.1) is 4.92 Å². The molecule has 0 atom stereocenters. The lowest BCUT2D eigenvalue weighted by Crippen LogP contribution is -2.56. The maximum absolute atomic E-state index is 12.8. The molecule has 146 valence electrons. The predicted octanol–water partition coefficient (Wildman–Crippen LogP) is 3.44. The summed E-state index contributed by atoms with van der Waals surface area (Å²) in [5.41, 5.74) is 0.232. The molecule has 0 N–H and O–H groups in total. The summed E-state index contributed by atoms with van der Waals surface area (Å²) in [6.07, 6.45) is 1.06. The molecule has 27 heavy (non-hydrogen) atoms. The van der Waals surface area contributed by atoms with E-state index in [1.165, 1.54) is 18.2 Å². The number of nitro benzene ring substituents is 1. The third-order valence-electron chi connectivity index (χ3n) is 4.95. The van der Waals surface area contributed by atoms with E-state index >= 15 is 0 Å². The van der Waals surface area contributed by atoms with Crippen LogP contribution in [0.4, 0.5) is 5.69 Å². The van der Waals surface area contributed by atoms with Crippen molar-refractivity contribution in [2.45, 2.75) is 46.6 Å². The summed E-state index contributed by atoms with van der Waals surface area (Å²) in [6.45, 7) is 14.0. The topological polar surface area (TPSA) is 90.5 Å². The van der Waals surface area contributed by atoms with E-state index in [-0.39, 0.29) is 28.1 Å². The van der Waals surface area contributed by atoms with E-state index in [1.807, 2.05) is 0 Å². The van der Waals surface area contributed by atoms with Gasteiger partial charge in [-0.2, -0.15) is 5.26 Å². The Morgan fingerprint density at radius 2 is 1.78 bits per heavy atom. The van der Waals surface area contributed by atoms with Gasteiger partial charge in [-0.25, -0.2) is 0 Å². The summed E-state index contributed by atoms with van der Waals surface area (Å²) in [7, 11) is 0. The van der Waals surface area contributed by atoms with Gasteiger partial charge >= 0.3 is 0 Å². The van der Waals surface area contributed by atoms with Gasteiger partial charge in [0.25, 0.3) is 11.6 Å². The van der Waals surface area contributed by atoms with Crippen LogP contribution in [0.2, 0.25) is 0 Å². The number of carbonyl (C=O) groups is 1. The average molecular weight is 372 g/mol. The van der Waals surface area contributed by atoms with E-state index in [0.717, 1.165) is 19.5 Å². The summed E-state index contributed by atoms with van der Waals surface area (Å²) in [6, 6.07) is 5.78. The van der Waals surface area contributed by atoms with Gasteiger partial charge < -0.3 is 4.90 Å². The minimum atomic E-state index is -0.608. The minimum absolute atomic E-state index is 0.0503. The lowest BCUT2D eigenvalue weighted by Gasteiger charge is -2.46. The first-order chi connectivity index (χ1) is 12.4. The average Bonchev–Trinajstić information content (AvgIpc) is 2.58. The Balaban J connectivity index is 2.07. The van der Waals surface area contributed by atoms with Gasteiger partial charge in [-0.3, -0.25) is 19.8 Å². The van der Waals surface area contributed by atoms with Crippen molar-refractivity contribution in [2.75, 3.05) is 26.2 Å². The van der Waals surface area contributed by atoms with Crippen LogP contribution in [0.25, 0.3) is 0 Å². The molecule has 1 saturated heterocycles. The monoisotopic (exact) mass is 372 g/mol. The molecule has 2 rings (SSSR count). The van der Waals surface area contributed by atoms with Gasteiger partial charge in [-0.1, -0.05) is 20.8 Å². The van der Waals surface area contributed by atoms with Gasteiger partial charge in [0.2, 0.25) is 0 Å². The first kappa shape index (κ1) is 20.8. The van der Waals surface area contributed by atoms with Crippen molar-refractivity contribution in [3.8, 4) is 6.07 Å². The van der Waals surface area contributed by atoms with Crippen molar-refractivity contribution in [1.29, 1.82) is 5.26 Å². The van der Waals surface area contributed by atoms with Crippen LogP contribution >= 0.6 is 0 Å². The summed E-state index contributed by atoms with van der Waals surface area (Å²) in [5.74, 6) is -0.185. The first-order valence-corrected chi connectivity index (χ1v) is 9.17. The molecule has 0 unspecified atom stereocenters. The largest absolute Gasteiger partial charge is 0.336 e. The molecule has 0 aliphatic carbocycles. The molecule has 1 fully saturated rings. The number of hydrogen-bond donors (Lipinski definition) is 0. The Kier molecular flexibility index (Phi) is 5.91. The fourth-order valence-electron chi connectivity index (χ4n) is 4.02. The summed E-state index contributed by atoms with van der Waals surface area (Å²) < 4.78 is 0. The molecule has 1 aliphatic heterocycles. The third-order valence-corrected chi connectivity index (χ3v) is 4.95. The highest BCUT2D eigenvalue weighted by Gasteiger charge is 2.34. The minimum Gasteiger partial charge on any atom is -0.336 e. The lowest BCUT2D eigenvalue weighted by atomic mass is 9.80. The number of rotatable bonds is 4. The second-order valence-corrected chi connectivity index (χ2v) is 8.93. The van der Waals surface area contributed by atoms with Crippen molar-refractivity contribution in [3.05, 3.63) is 39.4 Å². The fraction of sp³-hybridized carbons (Fsp3) is 0.600. The summed E-state index contributed by atoms with van der Waals surface area (Å²) in [5, 5.41) is 20.1. The van der Waals surface area contributed by atoms with Gasteiger partial charge in [-0.05, 0) is 37.8 Å². The highest BCUT2D eigenvalue weighted by atomic mass is 16.6. The normalized spacial score (nSPS) is 16.1. The zero-order chi connectivity index (χ0) is 20.4. The molecule has 7 nitrogen and oxygen atoms in total. The fourth-order valence-corrected chi connectivity index (χ4v) is 4.02. The molecule has 1 aliphatic rings. The molecule has 1 aromatic carbocycles. The number of benzene rings is 1. The van der Waals surface area contributed by atoms with Gasteiger partial charge in [0.1, 0.15) is 11.6 Å². The van der Waals surface area contributed by atoms with Crippen molar-refractivity contribution in [3.63, 3.8) is 0 Å². The molecule has 0 aromatic heterocycles. The van der Waals surface area contributed by atoms with Crippen LogP contribution in [0.3, 0.4) is 0 Å². The first-order valence-electron chi connectivity index (χ1n) is 9.17. The number of carbonyl (C=O) groups excluding carboxylic acids is 1. The molecule has 0 spiro atoms.